The van der Waals surface area contributed by atoms with Crippen LogP contribution in [-0.4, -0.2) is 12.5 Å². The molecule has 3 nitrogen and oxygen atoms in total. The van der Waals surface area contributed by atoms with Crippen LogP contribution < -0.4 is 10.1 Å². The number of halogens is 2. The van der Waals surface area contributed by atoms with Crippen LogP contribution in [0.1, 0.15) is 0 Å². The molecule has 0 saturated heterocycles. The van der Waals surface area contributed by atoms with Crippen molar-refractivity contribution in [2.75, 3.05) is 11.9 Å². The highest BCUT2D eigenvalue weighted by atomic mass is 79.9. The van der Waals surface area contributed by atoms with Gasteiger partial charge in [0, 0.05) is 4.47 Å². The molecule has 0 atom stereocenters. The number of para-hydroxylation sites is 1. The molecule has 0 unspecified atom stereocenters. The number of ether oxygens (including phenoxy) is 1. The quantitative estimate of drug-likeness (QED) is 0.933. The Labute approximate surface area is 118 Å². The number of carbonyl (C=O) groups is 1. The SMILES string of the molecule is O=C(COc1ccc(F)cc1)Nc1ccccc1Br. The van der Waals surface area contributed by atoms with Crippen molar-refractivity contribution in [2.24, 2.45) is 0 Å². The van der Waals surface area contributed by atoms with Crippen molar-refractivity contribution in [1.82, 2.24) is 0 Å². The molecule has 2 aromatic rings. The third-order valence-electron chi connectivity index (χ3n) is 2.33. The summed E-state index contributed by atoms with van der Waals surface area (Å²) in [5.74, 6) is -0.176. The zero-order valence-corrected chi connectivity index (χ0v) is 11.5. The fraction of sp³-hybridized carbons (Fsp3) is 0.0714. The Hall–Kier alpha value is -1.88. The molecule has 2 aromatic carbocycles. The van der Waals surface area contributed by atoms with Gasteiger partial charge in [-0.15, -0.1) is 0 Å². The number of anilines is 1. The van der Waals surface area contributed by atoms with E-state index in [2.05, 4.69) is 21.2 Å². The molecule has 0 bridgehead atoms. The standard InChI is InChI=1S/C14H11BrFNO2/c15-12-3-1-2-4-13(12)17-14(18)9-19-11-7-5-10(16)6-8-11/h1-8H,9H2,(H,17,18). The molecule has 0 saturated carbocycles. The second kappa shape index (κ2) is 6.33. The molecule has 2 rings (SSSR count). The Bertz CT molecular complexity index is 572. The van der Waals surface area contributed by atoms with Crippen LogP contribution in [0.2, 0.25) is 0 Å². The van der Waals surface area contributed by atoms with E-state index < -0.39 is 0 Å². The molecule has 0 radical (unpaired) electrons. The molecule has 0 aliphatic heterocycles. The summed E-state index contributed by atoms with van der Waals surface area (Å²) in [5.41, 5.74) is 0.676. The topological polar surface area (TPSA) is 38.3 Å². The predicted molar refractivity (Wildman–Crippen MR) is 74.7 cm³/mol. The van der Waals surface area contributed by atoms with E-state index in [1.54, 1.807) is 6.07 Å². The van der Waals surface area contributed by atoms with Gasteiger partial charge in [-0.3, -0.25) is 4.79 Å². The maximum atomic E-state index is 12.7. The van der Waals surface area contributed by atoms with Gasteiger partial charge in [0.15, 0.2) is 6.61 Å². The first kappa shape index (κ1) is 13.5. The van der Waals surface area contributed by atoms with Crippen LogP contribution in [0.15, 0.2) is 53.0 Å². The lowest BCUT2D eigenvalue weighted by molar-refractivity contribution is -0.118. The number of benzene rings is 2. The van der Waals surface area contributed by atoms with Gasteiger partial charge in [-0.1, -0.05) is 12.1 Å². The lowest BCUT2D eigenvalue weighted by Gasteiger charge is -2.08. The third-order valence-corrected chi connectivity index (χ3v) is 3.02. The molecule has 0 aliphatic carbocycles. The van der Waals surface area contributed by atoms with E-state index in [0.717, 1.165) is 4.47 Å². The Balaban J connectivity index is 1.88. The van der Waals surface area contributed by atoms with E-state index in [1.807, 2.05) is 18.2 Å². The first-order chi connectivity index (χ1) is 9.15. The Morgan fingerprint density at radius 3 is 2.53 bits per heavy atom. The minimum absolute atomic E-state index is 0.132. The highest BCUT2D eigenvalue weighted by Gasteiger charge is 2.05. The summed E-state index contributed by atoms with van der Waals surface area (Å²) < 4.78 is 18.7. The van der Waals surface area contributed by atoms with E-state index in [0.29, 0.717) is 11.4 Å². The van der Waals surface area contributed by atoms with Crippen molar-refractivity contribution in [2.45, 2.75) is 0 Å². The van der Waals surface area contributed by atoms with Crippen molar-refractivity contribution in [1.29, 1.82) is 0 Å². The van der Waals surface area contributed by atoms with Crippen LogP contribution in [-0.2, 0) is 4.79 Å². The van der Waals surface area contributed by atoms with Gasteiger partial charge in [0.25, 0.3) is 5.91 Å². The van der Waals surface area contributed by atoms with Crippen LogP contribution in [0.25, 0.3) is 0 Å². The minimum Gasteiger partial charge on any atom is -0.484 e. The maximum Gasteiger partial charge on any atom is 0.262 e. The Morgan fingerprint density at radius 1 is 1.16 bits per heavy atom. The smallest absolute Gasteiger partial charge is 0.262 e. The average Bonchev–Trinajstić information content (AvgIpc) is 2.41. The fourth-order valence-corrected chi connectivity index (χ4v) is 1.81. The van der Waals surface area contributed by atoms with Crippen LogP contribution in [0.3, 0.4) is 0 Å². The molecule has 98 valence electrons. The van der Waals surface area contributed by atoms with E-state index in [4.69, 9.17) is 4.74 Å². The van der Waals surface area contributed by atoms with Crippen molar-refractivity contribution in [3.05, 3.63) is 58.8 Å². The predicted octanol–water partition coefficient (Wildman–Crippen LogP) is 3.61. The molecule has 1 amide bonds. The van der Waals surface area contributed by atoms with E-state index in [-0.39, 0.29) is 18.3 Å². The van der Waals surface area contributed by atoms with Gasteiger partial charge in [0.2, 0.25) is 0 Å². The normalized spacial score (nSPS) is 10.0. The number of rotatable bonds is 4. The molecule has 0 fully saturated rings. The molecule has 5 heteroatoms. The van der Waals surface area contributed by atoms with E-state index in [9.17, 15) is 9.18 Å². The summed E-state index contributed by atoms with van der Waals surface area (Å²) in [6, 6.07) is 12.8. The number of carbonyl (C=O) groups excluding carboxylic acids is 1. The van der Waals surface area contributed by atoms with E-state index >= 15 is 0 Å². The number of nitrogens with one attached hydrogen (secondary N) is 1. The monoisotopic (exact) mass is 323 g/mol. The second-order valence-corrected chi connectivity index (χ2v) is 4.62. The van der Waals surface area contributed by atoms with Gasteiger partial charge in [0.1, 0.15) is 11.6 Å². The zero-order chi connectivity index (χ0) is 13.7. The largest absolute Gasteiger partial charge is 0.484 e. The van der Waals surface area contributed by atoms with E-state index in [1.165, 1.54) is 24.3 Å². The summed E-state index contributed by atoms with van der Waals surface area (Å²) >= 11 is 3.33. The highest BCUT2D eigenvalue weighted by molar-refractivity contribution is 9.10. The lowest BCUT2D eigenvalue weighted by atomic mass is 10.3. The van der Waals surface area contributed by atoms with Crippen molar-refractivity contribution >= 4 is 27.5 Å². The summed E-state index contributed by atoms with van der Waals surface area (Å²) in [5, 5.41) is 2.71. The first-order valence-electron chi connectivity index (χ1n) is 5.58. The first-order valence-corrected chi connectivity index (χ1v) is 6.37. The number of hydrogen-bond donors (Lipinski definition) is 1. The van der Waals surface area contributed by atoms with Crippen LogP contribution in [0, 0.1) is 5.82 Å². The van der Waals surface area contributed by atoms with Crippen LogP contribution >= 0.6 is 15.9 Å². The molecular weight excluding hydrogens is 313 g/mol. The Morgan fingerprint density at radius 2 is 1.84 bits per heavy atom. The molecule has 0 aliphatic rings. The van der Waals surface area contributed by atoms with Crippen molar-refractivity contribution < 1.29 is 13.9 Å². The summed E-state index contributed by atoms with van der Waals surface area (Å²) in [4.78, 5) is 11.7. The molecule has 0 spiro atoms. The Kier molecular flexibility index (Phi) is 4.52. The molecule has 1 N–H and O–H groups in total. The van der Waals surface area contributed by atoms with Gasteiger partial charge in [0.05, 0.1) is 5.69 Å². The van der Waals surface area contributed by atoms with Gasteiger partial charge in [-0.2, -0.15) is 0 Å². The third kappa shape index (κ3) is 4.06. The molecule has 0 heterocycles. The average molecular weight is 324 g/mol. The summed E-state index contributed by atoms with van der Waals surface area (Å²) in [6.45, 7) is -0.132. The van der Waals surface area contributed by atoms with Crippen molar-refractivity contribution in [3.63, 3.8) is 0 Å². The number of hydrogen-bond acceptors (Lipinski definition) is 2. The van der Waals surface area contributed by atoms with Gasteiger partial charge < -0.3 is 10.1 Å². The summed E-state index contributed by atoms with van der Waals surface area (Å²) in [6.07, 6.45) is 0. The van der Waals surface area contributed by atoms with Crippen LogP contribution in [0.5, 0.6) is 5.75 Å². The highest BCUT2D eigenvalue weighted by Crippen LogP contribution is 2.21. The second-order valence-electron chi connectivity index (χ2n) is 3.77. The maximum absolute atomic E-state index is 12.7. The van der Waals surface area contributed by atoms with Gasteiger partial charge in [-0.05, 0) is 52.3 Å². The molecular formula is C14H11BrFNO2. The minimum atomic E-state index is -0.343. The summed E-state index contributed by atoms with van der Waals surface area (Å²) in [7, 11) is 0. The molecule has 0 aromatic heterocycles. The van der Waals surface area contributed by atoms with Gasteiger partial charge >= 0.3 is 0 Å². The van der Waals surface area contributed by atoms with Gasteiger partial charge in [-0.25, -0.2) is 4.39 Å². The van der Waals surface area contributed by atoms with Crippen molar-refractivity contribution in [3.8, 4) is 5.75 Å². The number of amides is 1. The van der Waals surface area contributed by atoms with Crippen LogP contribution in [0.4, 0.5) is 10.1 Å². The fourth-order valence-electron chi connectivity index (χ4n) is 1.43. The lowest BCUT2D eigenvalue weighted by Crippen LogP contribution is -2.20. The zero-order valence-electron chi connectivity index (χ0n) is 9.90. The molecule has 19 heavy (non-hydrogen) atoms.